The SMILES string of the molecule is O=C(CC1CS(=O)(=O)CC1CC(=O)Nc1cccc(Cl)c1)Nc1cccc(Cl)c1. The van der Waals surface area contributed by atoms with Crippen molar-refractivity contribution in [3.63, 3.8) is 0 Å². The maximum absolute atomic E-state index is 12.4. The highest BCUT2D eigenvalue weighted by Gasteiger charge is 2.39. The molecule has 0 spiro atoms. The Morgan fingerprint density at radius 3 is 1.62 bits per heavy atom. The average molecular weight is 455 g/mol. The number of sulfone groups is 1. The molecule has 1 heterocycles. The number of amides is 2. The number of anilines is 2. The van der Waals surface area contributed by atoms with Crippen LogP contribution in [0.4, 0.5) is 11.4 Å². The molecule has 1 aliphatic heterocycles. The predicted octanol–water partition coefficient (Wildman–Crippen LogP) is 4.01. The smallest absolute Gasteiger partial charge is 0.224 e. The van der Waals surface area contributed by atoms with Gasteiger partial charge in [-0.2, -0.15) is 0 Å². The Labute approximate surface area is 179 Å². The summed E-state index contributed by atoms with van der Waals surface area (Å²) >= 11 is 11.8. The highest BCUT2D eigenvalue weighted by atomic mass is 35.5. The lowest BCUT2D eigenvalue weighted by atomic mass is 9.89. The van der Waals surface area contributed by atoms with Crippen LogP contribution in [0.25, 0.3) is 0 Å². The molecule has 2 aromatic rings. The second-order valence-corrected chi connectivity index (χ2v) is 10.1. The molecule has 29 heavy (non-hydrogen) atoms. The Balaban J connectivity index is 1.62. The molecular formula is C20H20Cl2N2O4S. The van der Waals surface area contributed by atoms with Crippen LogP contribution in [0.2, 0.25) is 10.0 Å². The van der Waals surface area contributed by atoms with Gasteiger partial charge in [0, 0.05) is 34.3 Å². The highest BCUT2D eigenvalue weighted by molar-refractivity contribution is 7.91. The van der Waals surface area contributed by atoms with Crippen LogP contribution in [0.1, 0.15) is 12.8 Å². The lowest BCUT2D eigenvalue weighted by molar-refractivity contribution is -0.119. The third kappa shape index (κ3) is 6.45. The average Bonchev–Trinajstić information content (AvgIpc) is 2.87. The molecule has 0 aliphatic carbocycles. The summed E-state index contributed by atoms with van der Waals surface area (Å²) in [6, 6.07) is 13.4. The molecule has 1 saturated heterocycles. The lowest BCUT2D eigenvalue weighted by Gasteiger charge is -2.17. The van der Waals surface area contributed by atoms with Gasteiger partial charge in [-0.1, -0.05) is 35.3 Å². The van der Waals surface area contributed by atoms with Gasteiger partial charge >= 0.3 is 0 Å². The Morgan fingerprint density at radius 1 is 0.828 bits per heavy atom. The van der Waals surface area contributed by atoms with Crippen molar-refractivity contribution in [1.29, 1.82) is 0 Å². The molecule has 2 atom stereocenters. The Hall–Kier alpha value is -2.09. The zero-order chi connectivity index (χ0) is 21.0. The summed E-state index contributed by atoms with van der Waals surface area (Å²) in [5, 5.41) is 6.42. The first-order valence-corrected chi connectivity index (χ1v) is 11.6. The van der Waals surface area contributed by atoms with Gasteiger partial charge in [0.25, 0.3) is 0 Å². The van der Waals surface area contributed by atoms with E-state index in [0.29, 0.717) is 21.4 Å². The Bertz CT molecular complexity index is 951. The van der Waals surface area contributed by atoms with Gasteiger partial charge in [0.05, 0.1) is 11.5 Å². The van der Waals surface area contributed by atoms with Gasteiger partial charge in [0.2, 0.25) is 11.8 Å². The summed E-state index contributed by atoms with van der Waals surface area (Å²) in [6.07, 6.45) is 0.0295. The second kappa shape index (κ2) is 9.15. The summed E-state index contributed by atoms with van der Waals surface area (Å²) in [4.78, 5) is 24.8. The molecule has 154 valence electrons. The lowest BCUT2D eigenvalue weighted by Crippen LogP contribution is -2.25. The van der Waals surface area contributed by atoms with Gasteiger partial charge in [-0.15, -0.1) is 0 Å². The first-order valence-electron chi connectivity index (χ1n) is 9.01. The van der Waals surface area contributed by atoms with Crippen molar-refractivity contribution in [3.8, 4) is 0 Å². The largest absolute Gasteiger partial charge is 0.326 e. The number of hydrogen-bond donors (Lipinski definition) is 2. The van der Waals surface area contributed by atoms with E-state index in [1.165, 1.54) is 0 Å². The summed E-state index contributed by atoms with van der Waals surface area (Å²) in [7, 11) is -3.30. The monoisotopic (exact) mass is 454 g/mol. The summed E-state index contributed by atoms with van der Waals surface area (Å²) in [5.41, 5.74) is 1.08. The van der Waals surface area contributed by atoms with Crippen molar-refractivity contribution >= 4 is 56.2 Å². The second-order valence-electron chi connectivity index (χ2n) is 7.12. The summed E-state index contributed by atoms with van der Waals surface area (Å²) < 4.78 is 24.2. The van der Waals surface area contributed by atoms with Gasteiger partial charge < -0.3 is 10.6 Å². The maximum atomic E-state index is 12.4. The van der Waals surface area contributed by atoms with E-state index in [2.05, 4.69) is 10.6 Å². The van der Waals surface area contributed by atoms with E-state index in [1.54, 1.807) is 48.5 Å². The number of carbonyl (C=O) groups is 2. The molecule has 0 bridgehead atoms. The van der Waals surface area contributed by atoms with Crippen molar-refractivity contribution in [2.45, 2.75) is 12.8 Å². The summed E-state index contributed by atoms with van der Waals surface area (Å²) in [6.45, 7) is 0. The van der Waals surface area contributed by atoms with Crippen LogP contribution in [0, 0.1) is 11.8 Å². The fraction of sp³-hybridized carbons (Fsp3) is 0.300. The number of hydrogen-bond acceptors (Lipinski definition) is 4. The van der Waals surface area contributed by atoms with Crippen LogP contribution in [-0.4, -0.2) is 31.7 Å². The van der Waals surface area contributed by atoms with E-state index in [4.69, 9.17) is 23.2 Å². The van der Waals surface area contributed by atoms with Crippen molar-refractivity contribution < 1.29 is 18.0 Å². The normalized spacial score (nSPS) is 20.2. The zero-order valence-electron chi connectivity index (χ0n) is 15.4. The van der Waals surface area contributed by atoms with E-state index in [-0.39, 0.29) is 36.2 Å². The van der Waals surface area contributed by atoms with Crippen LogP contribution in [-0.2, 0) is 19.4 Å². The minimum Gasteiger partial charge on any atom is -0.326 e. The standard InChI is InChI=1S/C20H20Cl2N2O4S/c21-15-3-1-5-17(9-15)23-19(25)7-13-11-29(27,28)12-14(13)8-20(26)24-18-6-2-4-16(22)10-18/h1-6,9-10,13-14H,7-8,11-12H2,(H,23,25)(H,24,26). The van der Waals surface area contributed by atoms with Gasteiger partial charge in [-0.3, -0.25) is 9.59 Å². The topological polar surface area (TPSA) is 92.3 Å². The molecule has 1 aliphatic rings. The molecule has 0 saturated carbocycles. The van der Waals surface area contributed by atoms with Crippen molar-refractivity contribution in [2.24, 2.45) is 11.8 Å². The van der Waals surface area contributed by atoms with Crippen LogP contribution >= 0.6 is 23.2 Å². The van der Waals surface area contributed by atoms with Crippen molar-refractivity contribution in [3.05, 3.63) is 58.6 Å². The third-order valence-electron chi connectivity index (χ3n) is 4.71. The van der Waals surface area contributed by atoms with Crippen molar-refractivity contribution in [2.75, 3.05) is 22.1 Å². The Morgan fingerprint density at radius 2 is 1.24 bits per heavy atom. The van der Waals surface area contributed by atoms with Crippen LogP contribution in [0.5, 0.6) is 0 Å². The van der Waals surface area contributed by atoms with Gasteiger partial charge in [-0.25, -0.2) is 8.42 Å². The molecule has 2 amide bonds. The number of benzene rings is 2. The molecule has 0 radical (unpaired) electrons. The van der Waals surface area contributed by atoms with Crippen LogP contribution in [0.3, 0.4) is 0 Å². The molecule has 1 fully saturated rings. The number of rotatable bonds is 6. The Kier molecular flexibility index (Phi) is 6.82. The molecule has 2 unspecified atom stereocenters. The number of carbonyl (C=O) groups excluding carboxylic acids is 2. The van der Waals surface area contributed by atoms with Crippen LogP contribution < -0.4 is 10.6 Å². The first kappa shape index (κ1) is 21.6. The van der Waals surface area contributed by atoms with E-state index in [9.17, 15) is 18.0 Å². The van der Waals surface area contributed by atoms with E-state index in [0.717, 1.165) is 0 Å². The predicted molar refractivity (Wildman–Crippen MR) is 115 cm³/mol. The summed E-state index contributed by atoms with van der Waals surface area (Å²) in [5.74, 6) is -1.69. The molecule has 2 aromatic carbocycles. The molecule has 9 heteroatoms. The first-order chi connectivity index (χ1) is 13.7. The highest BCUT2D eigenvalue weighted by Crippen LogP contribution is 2.31. The minimum atomic E-state index is -3.30. The quantitative estimate of drug-likeness (QED) is 0.689. The molecule has 6 nitrogen and oxygen atoms in total. The molecule has 0 aromatic heterocycles. The number of nitrogens with one attached hydrogen (secondary N) is 2. The number of halogens is 2. The molecule has 3 rings (SSSR count). The van der Waals surface area contributed by atoms with Gasteiger partial charge in [0.1, 0.15) is 0 Å². The van der Waals surface area contributed by atoms with Crippen LogP contribution in [0.15, 0.2) is 48.5 Å². The van der Waals surface area contributed by atoms with E-state index < -0.39 is 21.7 Å². The minimum absolute atomic E-state index is 0.0147. The molecule has 2 N–H and O–H groups in total. The van der Waals surface area contributed by atoms with Gasteiger partial charge in [-0.05, 0) is 48.2 Å². The van der Waals surface area contributed by atoms with Crippen molar-refractivity contribution in [1.82, 2.24) is 0 Å². The zero-order valence-corrected chi connectivity index (χ0v) is 17.7. The van der Waals surface area contributed by atoms with E-state index >= 15 is 0 Å². The van der Waals surface area contributed by atoms with Gasteiger partial charge in [0.15, 0.2) is 9.84 Å². The fourth-order valence-electron chi connectivity index (χ4n) is 3.48. The maximum Gasteiger partial charge on any atom is 0.224 e. The molecular weight excluding hydrogens is 435 g/mol. The van der Waals surface area contributed by atoms with E-state index in [1.807, 2.05) is 0 Å². The third-order valence-corrected chi connectivity index (χ3v) is 7.06. The fourth-order valence-corrected chi connectivity index (χ4v) is 6.08.